The van der Waals surface area contributed by atoms with Crippen molar-refractivity contribution in [2.45, 2.75) is 25.4 Å². The number of piperidine rings is 1. The van der Waals surface area contributed by atoms with Crippen LogP contribution in [0.25, 0.3) is 0 Å². The van der Waals surface area contributed by atoms with Gasteiger partial charge in [-0.3, -0.25) is 4.90 Å². The summed E-state index contributed by atoms with van der Waals surface area (Å²) in [5.41, 5.74) is 0.685. The Morgan fingerprint density at radius 2 is 2.24 bits per heavy atom. The van der Waals surface area contributed by atoms with Crippen molar-refractivity contribution in [3.63, 3.8) is 0 Å². The Hall–Kier alpha value is -1.08. The molecule has 2 rings (SSSR count). The van der Waals surface area contributed by atoms with E-state index in [9.17, 15) is 13.6 Å². The lowest BCUT2D eigenvalue weighted by Crippen LogP contribution is -2.52. The zero-order valence-corrected chi connectivity index (χ0v) is 13.4. The third-order valence-electron chi connectivity index (χ3n) is 3.12. The molecule has 1 aromatic carbocycles. The first kappa shape index (κ1) is 16.3. The molecule has 0 aliphatic carbocycles. The van der Waals surface area contributed by atoms with Crippen molar-refractivity contribution in [2.75, 3.05) is 13.1 Å². The van der Waals surface area contributed by atoms with Gasteiger partial charge in [-0.05, 0) is 40.5 Å². The van der Waals surface area contributed by atoms with Gasteiger partial charge in [-0.2, -0.15) is 0 Å². The maximum atomic E-state index is 13.6. The maximum absolute atomic E-state index is 13.6. The summed E-state index contributed by atoms with van der Waals surface area (Å²) in [6, 6.07) is 3.25. The number of aryl methyl sites for hydroxylation is 1. The van der Waals surface area contributed by atoms with E-state index >= 15 is 0 Å². The van der Waals surface area contributed by atoms with E-state index in [0.29, 0.717) is 25.7 Å². The minimum absolute atomic E-state index is 0.0978. The average molecular weight is 385 g/mol. The Labute approximate surface area is 133 Å². The molecule has 1 saturated heterocycles. The molecule has 1 fully saturated rings. The van der Waals surface area contributed by atoms with Crippen molar-refractivity contribution in [3.05, 3.63) is 27.2 Å². The number of alkyl halides is 2. The standard InChI is InChI=1S/C13H13BrClF2NO3/c1-7-2-8(15)3-10(14)11(7)21-9-4-13(16,17)6-18(5-9)12(19)20/h2-3,9H,4-6H2,1H3,(H,19,20). The van der Waals surface area contributed by atoms with Crippen LogP contribution in [0.2, 0.25) is 5.02 Å². The van der Waals surface area contributed by atoms with Crippen LogP contribution in [0.5, 0.6) is 5.75 Å². The first-order valence-electron chi connectivity index (χ1n) is 6.16. The summed E-state index contributed by atoms with van der Waals surface area (Å²) in [6.45, 7) is 0.838. The van der Waals surface area contributed by atoms with E-state index in [1.807, 2.05) is 0 Å². The summed E-state index contributed by atoms with van der Waals surface area (Å²) in [4.78, 5) is 11.6. The molecule has 0 saturated carbocycles. The largest absolute Gasteiger partial charge is 0.487 e. The van der Waals surface area contributed by atoms with E-state index in [2.05, 4.69) is 15.9 Å². The monoisotopic (exact) mass is 383 g/mol. The van der Waals surface area contributed by atoms with E-state index in [4.69, 9.17) is 21.4 Å². The number of ether oxygens (including phenoxy) is 1. The quantitative estimate of drug-likeness (QED) is 0.832. The fourth-order valence-corrected chi connectivity index (χ4v) is 3.34. The minimum Gasteiger partial charge on any atom is -0.487 e. The molecule has 0 bridgehead atoms. The lowest BCUT2D eigenvalue weighted by molar-refractivity contribution is -0.0935. The number of hydrogen-bond donors (Lipinski definition) is 1. The fraction of sp³-hybridized carbons (Fsp3) is 0.462. The predicted molar refractivity (Wildman–Crippen MR) is 77.5 cm³/mol. The summed E-state index contributed by atoms with van der Waals surface area (Å²) in [5, 5.41) is 9.40. The molecular formula is C13H13BrClF2NO3. The Morgan fingerprint density at radius 1 is 1.57 bits per heavy atom. The van der Waals surface area contributed by atoms with E-state index in [-0.39, 0.29) is 6.54 Å². The van der Waals surface area contributed by atoms with Crippen LogP contribution in [0.15, 0.2) is 16.6 Å². The highest BCUT2D eigenvalue weighted by Gasteiger charge is 2.43. The van der Waals surface area contributed by atoms with Gasteiger partial charge in [-0.25, -0.2) is 13.6 Å². The number of halogens is 4. The van der Waals surface area contributed by atoms with Gasteiger partial charge >= 0.3 is 6.09 Å². The van der Waals surface area contributed by atoms with Gasteiger partial charge in [-0.1, -0.05) is 11.6 Å². The van der Waals surface area contributed by atoms with Crippen LogP contribution >= 0.6 is 27.5 Å². The van der Waals surface area contributed by atoms with Crippen LogP contribution < -0.4 is 4.74 Å². The summed E-state index contributed by atoms with van der Waals surface area (Å²) >= 11 is 9.15. The number of rotatable bonds is 2. The second-order valence-electron chi connectivity index (χ2n) is 5.00. The number of carboxylic acid groups (broad SMARTS) is 1. The van der Waals surface area contributed by atoms with E-state index < -0.39 is 31.1 Å². The molecule has 1 unspecified atom stereocenters. The Bertz CT molecular complexity index is 547. The first-order valence-corrected chi connectivity index (χ1v) is 7.33. The maximum Gasteiger partial charge on any atom is 0.407 e. The number of benzene rings is 1. The van der Waals surface area contributed by atoms with Gasteiger partial charge < -0.3 is 9.84 Å². The Morgan fingerprint density at radius 3 is 2.81 bits per heavy atom. The number of nitrogens with zero attached hydrogens (tertiary/aromatic N) is 1. The van der Waals surface area contributed by atoms with Gasteiger partial charge in [0.25, 0.3) is 5.92 Å². The third-order valence-corrected chi connectivity index (χ3v) is 3.93. The normalized spacial score (nSPS) is 21.2. The second kappa shape index (κ2) is 5.96. The second-order valence-corrected chi connectivity index (χ2v) is 6.29. The highest BCUT2D eigenvalue weighted by atomic mass is 79.9. The van der Waals surface area contributed by atoms with Crippen molar-refractivity contribution in [1.82, 2.24) is 4.90 Å². The number of carbonyl (C=O) groups is 1. The van der Waals surface area contributed by atoms with Crippen molar-refractivity contribution < 1.29 is 23.4 Å². The summed E-state index contributed by atoms with van der Waals surface area (Å²) in [6.07, 6.45) is -2.82. The van der Waals surface area contributed by atoms with Crippen LogP contribution in [-0.4, -0.2) is 41.2 Å². The van der Waals surface area contributed by atoms with Crippen molar-refractivity contribution in [3.8, 4) is 5.75 Å². The van der Waals surface area contributed by atoms with Crippen molar-refractivity contribution >= 4 is 33.6 Å². The lowest BCUT2D eigenvalue weighted by Gasteiger charge is -2.36. The fourth-order valence-electron chi connectivity index (χ4n) is 2.28. The van der Waals surface area contributed by atoms with Crippen LogP contribution in [0.4, 0.5) is 13.6 Å². The number of hydrogen-bond acceptors (Lipinski definition) is 2. The predicted octanol–water partition coefficient (Wildman–Crippen LogP) is 4.18. The number of amides is 1. The van der Waals surface area contributed by atoms with E-state index in [0.717, 1.165) is 0 Å². The molecule has 0 spiro atoms. The third kappa shape index (κ3) is 3.97. The van der Waals surface area contributed by atoms with Crippen LogP contribution in [-0.2, 0) is 0 Å². The molecule has 4 nitrogen and oxygen atoms in total. The molecule has 8 heteroatoms. The zero-order chi connectivity index (χ0) is 15.8. The van der Waals surface area contributed by atoms with Crippen LogP contribution in [0.1, 0.15) is 12.0 Å². The summed E-state index contributed by atoms with van der Waals surface area (Å²) in [7, 11) is 0. The summed E-state index contributed by atoms with van der Waals surface area (Å²) < 4.78 is 33.4. The van der Waals surface area contributed by atoms with Crippen LogP contribution in [0.3, 0.4) is 0 Å². The molecule has 1 amide bonds. The molecule has 1 aliphatic heterocycles. The van der Waals surface area contributed by atoms with Gasteiger partial charge in [0.2, 0.25) is 0 Å². The van der Waals surface area contributed by atoms with E-state index in [1.54, 1.807) is 19.1 Å². The zero-order valence-electron chi connectivity index (χ0n) is 11.1. The molecular weight excluding hydrogens is 372 g/mol. The molecule has 0 radical (unpaired) electrons. The molecule has 1 aromatic rings. The van der Waals surface area contributed by atoms with Gasteiger partial charge in [0.1, 0.15) is 11.9 Å². The SMILES string of the molecule is Cc1cc(Cl)cc(Br)c1OC1CN(C(=O)O)CC(F)(F)C1. The Kier molecular flexibility index (Phi) is 4.63. The minimum atomic E-state index is -3.10. The molecule has 0 aromatic heterocycles. The van der Waals surface area contributed by atoms with Gasteiger partial charge in [0.05, 0.1) is 24.0 Å². The van der Waals surface area contributed by atoms with Gasteiger partial charge in [0, 0.05) is 5.02 Å². The molecule has 1 aliphatic rings. The molecule has 21 heavy (non-hydrogen) atoms. The summed E-state index contributed by atoms with van der Waals surface area (Å²) in [5.74, 6) is -2.71. The molecule has 116 valence electrons. The molecule has 1 N–H and O–H groups in total. The topological polar surface area (TPSA) is 49.8 Å². The highest BCUT2D eigenvalue weighted by Crippen LogP contribution is 2.36. The lowest BCUT2D eigenvalue weighted by atomic mass is 10.0. The Balaban J connectivity index is 2.21. The van der Waals surface area contributed by atoms with Gasteiger partial charge in [0.15, 0.2) is 0 Å². The molecule has 1 heterocycles. The smallest absolute Gasteiger partial charge is 0.407 e. The average Bonchev–Trinajstić information content (AvgIpc) is 2.31. The number of likely N-dealkylation sites (tertiary alicyclic amines) is 1. The van der Waals surface area contributed by atoms with Gasteiger partial charge in [-0.15, -0.1) is 0 Å². The highest BCUT2D eigenvalue weighted by molar-refractivity contribution is 9.10. The van der Waals surface area contributed by atoms with E-state index in [1.165, 1.54) is 0 Å². The van der Waals surface area contributed by atoms with Crippen molar-refractivity contribution in [1.29, 1.82) is 0 Å². The first-order chi connectivity index (χ1) is 9.68. The van der Waals surface area contributed by atoms with Crippen LogP contribution in [0, 0.1) is 6.92 Å². The molecule has 1 atom stereocenters. The van der Waals surface area contributed by atoms with Crippen molar-refractivity contribution in [2.24, 2.45) is 0 Å².